The predicted octanol–water partition coefficient (Wildman–Crippen LogP) is 5.36. The molecule has 0 radical (unpaired) electrons. The number of rotatable bonds is 9. The average Bonchev–Trinajstić information content (AvgIpc) is 2.73. The third-order valence-corrected chi connectivity index (χ3v) is 5.67. The van der Waals surface area contributed by atoms with E-state index in [0.717, 1.165) is 12.0 Å². The number of nitrogens with one attached hydrogen (secondary N) is 1. The molecule has 0 fully saturated rings. The molecule has 2 atom stereocenters. The molecule has 0 heterocycles. The highest BCUT2D eigenvalue weighted by molar-refractivity contribution is 6.42. The van der Waals surface area contributed by atoms with Crippen LogP contribution in [-0.4, -0.2) is 35.4 Å². The van der Waals surface area contributed by atoms with Crippen LogP contribution in [0.5, 0.6) is 5.75 Å². The minimum atomic E-state index is -0.699. The normalized spacial score (nSPS) is 12.7. The molecule has 0 unspecified atom stereocenters. The van der Waals surface area contributed by atoms with E-state index in [1.807, 2.05) is 13.8 Å². The maximum absolute atomic E-state index is 13.0. The topological polar surface area (TPSA) is 58.6 Å². The molecular weight excluding hydrogens is 447 g/mol. The number of halogens is 3. The molecule has 2 rings (SSSR count). The molecule has 0 saturated heterocycles. The number of amides is 2. The van der Waals surface area contributed by atoms with Crippen molar-refractivity contribution in [3.63, 3.8) is 0 Å². The SMILES string of the molecule is CC[C@H](C)NC(=O)[C@@H](C)N(Cc1ccc(Cl)c(Cl)c1)C(=O)COc1ccc(Cl)cc1. The Hall–Kier alpha value is -1.95. The summed E-state index contributed by atoms with van der Waals surface area (Å²) in [6, 6.07) is 11.1. The van der Waals surface area contributed by atoms with E-state index in [1.54, 1.807) is 49.4 Å². The van der Waals surface area contributed by atoms with Crippen LogP contribution in [0.2, 0.25) is 15.1 Å². The predicted molar refractivity (Wildman–Crippen MR) is 121 cm³/mol. The summed E-state index contributed by atoms with van der Waals surface area (Å²) in [5.41, 5.74) is 0.757. The number of carbonyl (C=O) groups is 2. The summed E-state index contributed by atoms with van der Waals surface area (Å²) in [5, 5.41) is 4.30. The molecule has 162 valence electrons. The van der Waals surface area contributed by atoms with E-state index in [-0.39, 0.29) is 31.0 Å². The third kappa shape index (κ3) is 7.08. The van der Waals surface area contributed by atoms with Crippen LogP contribution >= 0.6 is 34.8 Å². The standard InChI is InChI=1S/C22H25Cl3N2O3/c1-4-14(2)26-22(29)15(3)27(12-16-5-10-19(24)20(25)11-16)21(28)13-30-18-8-6-17(23)7-9-18/h5-11,14-15H,4,12-13H2,1-3H3,(H,26,29)/t14-,15+/m0/s1. The van der Waals surface area contributed by atoms with Gasteiger partial charge in [0, 0.05) is 17.6 Å². The maximum atomic E-state index is 13.0. The quantitative estimate of drug-likeness (QED) is 0.536. The van der Waals surface area contributed by atoms with Gasteiger partial charge in [0.2, 0.25) is 5.91 Å². The van der Waals surface area contributed by atoms with Crippen molar-refractivity contribution in [2.45, 2.75) is 45.8 Å². The van der Waals surface area contributed by atoms with E-state index in [2.05, 4.69) is 5.32 Å². The molecule has 8 heteroatoms. The molecule has 0 aromatic heterocycles. The van der Waals surface area contributed by atoms with Gasteiger partial charge < -0.3 is 15.0 Å². The van der Waals surface area contributed by atoms with Crippen molar-refractivity contribution in [3.8, 4) is 5.75 Å². The molecular formula is C22H25Cl3N2O3. The fourth-order valence-corrected chi connectivity index (χ4v) is 3.09. The summed E-state index contributed by atoms with van der Waals surface area (Å²) in [4.78, 5) is 27.1. The molecule has 2 aromatic rings. The van der Waals surface area contributed by atoms with Crippen LogP contribution < -0.4 is 10.1 Å². The monoisotopic (exact) mass is 470 g/mol. The lowest BCUT2D eigenvalue weighted by Crippen LogP contribution is -2.50. The number of hydrogen-bond acceptors (Lipinski definition) is 3. The van der Waals surface area contributed by atoms with Gasteiger partial charge in [-0.25, -0.2) is 0 Å². The highest BCUT2D eigenvalue weighted by Crippen LogP contribution is 2.24. The first-order valence-electron chi connectivity index (χ1n) is 9.63. The minimum absolute atomic E-state index is 0.00666. The third-order valence-electron chi connectivity index (χ3n) is 4.68. The van der Waals surface area contributed by atoms with Crippen molar-refractivity contribution in [2.24, 2.45) is 0 Å². The van der Waals surface area contributed by atoms with Crippen molar-refractivity contribution in [3.05, 3.63) is 63.1 Å². The molecule has 2 amide bonds. The zero-order chi connectivity index (χ0) is 22.3. The van der Waals surface area contributed by atoms with Crippen LogP contribution in [0, 0.1) is 0 Å². The molecule has 0 aliphatic carbocycles. The Morgan fingerprint density at radius 1 is 1.03 bits per heavy atom. The van der Waals surface area contributed by atoms with Crippen molar-refractivity contribution in [1.82, 2.24) is 10.2 Å². The van der Waals surface area contributed by atoms with Crippen molar-refractivity contribution < 1.29 is 14.3 Å². The van der Waals surface area contributed by atoms with E-state index < -0.39 is 6.04 Å². The Labute approximate surface area is 192 Å². The zero-order valence-electron chi connectivity index (χ0n) is 17.1. The Morgan fingerprint density at radius 2 is 1.70 bits per heavy atom. The number of hydrogen-bond donors (Lipinski definition) is 1. The van der Waals surface area contributed by atoms with Gasteiger partial charge in [0.1, 0.15) is 11.8 Å². The molecule has 0 spiro atoms. The molecule has 30 heavy (non-hydrogen) atoms. The summed E-state index contributed by atoms with van der Waals surface area (Å²) < 4.78 is 5.59. The van der Waals surface area contributed by atoms with Gasteiger partial charge in [-0.15, -0.1) is 0 Å². The van der Waals surface area contributed by atoms with Gasteiger partial charge in [-0.05, 0) is 62.2 Å². The second-order valence-electron chi connectivity index (χ2n) is 7.01. The van der Waals surface area contributed by atoms with E-state index in [4.69, 9.17) is 39.5 Å². The molecule has 2 aromatic carbocycles. The summed E-state index contributed by atoms with van der Waals surface area (Å²) in [5.74, 6) is -0.0500. The number of ether oxygens (including phenoxy) is 1. The molecule has 0 aliphatic heterocycles. The Morgan fingerprint density at radius 3 is 2.30 bits per heavy atom. The van der Waals surface area contributed by atoms with Gasteiger partial charge in [0.05, 0.1) is 10.0 Å². The first-order valence-corrected chi connectivity index (χ1v) is 10.8. The van der Waals surface area contributed by atoms with Crippen LogP contribution in [0.3, 0.4) is 0 Å². The molecule has 5 nitrogen and oxygen atoms in total. The minimum Gasteiger partial charge on any atom is -0.484 e. The summed E-state index contributed by atoms with van der Waals surface area (Å²) in [6.07, 6.45) is 0.791. The number of nitrogens with zero attached hydrogens (tertiary/aromatic N) is 1. The van der Waals surface area contributed by atoms with Crippen LogP contribution in [-0.2, 0) is 16.1 Å². The highest BCUT2D eigenvalue weighted by atomic mass is 35.5. The molecule has 0 saturated carbocycles. The molecule has 0 aliphatic rings. The largest absolute Gasteiger partial charge is 0.484 e. The zero-order valence-corrected chi connectivity index (χ0v) is 19.4. The van der Waals surface area contributed by atoms with E-state index in [1.165, 1.54) is 4.90 Å². The average molecular weight is 472 g/mol. The lowest BCUT2D eigenvalue weighted by Gasteiger charge is -2.29. The van der Waals surface area contributed by atoms with Crippen molar-refractivity contribution >= 4 is 46.6 Å². The summed E-state index contributed by atoms with van der Waals surface area (Å²) in [6.45, 7) is 5.56. The van der Waals surface area contributed by atoms with E-state index in [0.29, 0.717) is 20.8 Å². The van der Waals surface area contributed by atoms with Crippen molar-refractivity contribution in [2.75, 3.05) is 6.61 Å². The second kappa shape index (κ2) is 11.4. The first-order chi connectivity index (χ1) is 14.2. The van der Waals surface area contributed by atoms with Crippen LogP contribution in [0.1, 0.15) is 32.8 Å². The second-order valence-corrected chi connectivity index (χ2v) is 8.26. The van der Waals surface area contributed by atoms with Crippen molar-refractivity contribution in [1.29, 1.82) is 0 Å². The number of benzene rings is 2. The molecule has 0 bridgehead atoms. The highest BCUT2D eigenvalue weighted by Gasteiger charge is 2.27. The number of carbonyl (C=O) groups excluding carboxylic acids is 2. The lowest BCUT2D eigenvalue weighted by atomic mass is 10.1. The van der Waals surface area contributed by atoms with Gasteiger partial charge in [-0.2, -0.15) is 0 Å². The Balaban J connectivity index is 2.17. The smallest absolute Gasteiger partial charge is 0.261 e. The van der Waals surface area contributed by atoms with Gasteiger partial charge in [0.25, 0.3) is 5.91 Å². The van der Waals surface area contributed by atoms with Gasteiger partial charge in [0.15, 0.2) is 6.61 Å². The summed E-state index contributed by atoms with van der Waals surface area (Å²) >= 11 is 18.0. The first kappa shape index (κ1) is 24.3. The van der Waals surface area contributed by atoms with E-state index >= 15 is 0 Å². The fraction of sp³-hybridized carbons (Fsp3) is 0.364. The molecule has 1 N–H and O–H groups in total. The Bertz CT molecular complexity index is 874. The van der Waals surface area contributed by atoms with Gasteiger partial charge in [-0.1, -0.05) is 47.8 Å². The van der Waals surface area contributed by atoms with Crippen LogP contribution in [0.15, 0.2) is 42.5 Å². The van der Waals surface area contributed by atoms with Crippen LogP contribution in [0.25, 0.3) is 0 Å². The summed E-state index contributed by atoms with van der Waals surface area (Å²) in [7, 11) is 0. The van der Waals surface area contributed by atoms with Crippen LogP contribution in [0.4, 0.5) is 0 Å². The fourth-order valence-electron chi connectivity index (χ4n) is 2.64. The maximum Gasteiger partial charge on any atom is 0.261 e. The van der Waals surface area contributed by atoms with E-state index in [9.17, 15) is 9.59 Å². The van der Waals surface area contributed by atoms with Gasteiger partial charge >= 0.3 is 0 Å². The van der Waals surface area contributed by atoms with Gasteiger partial charge in [-0.3, -0.25) is 9.59 Å². The lowest BCUT2D eigenvalue weighted by molar-refractivity contribution is -0.142. The Kier molecular flexibility index (Phi) is 9.28.